The Kier molecular flexibility index (Phi) is 11.2. The number of amides is 3. The van der Waals surface area contributed by atoms with E-state index in [0.29, 0.717) is 60.1 Å². The molecule has 1 aromatic heterocycles. The fraction of sp³-hybridized carbons (Fsp3) is 0.429. The summed E-state index contributed by atoms with van der Waals surface area (Å²) in [6.07, 6.45) is 7.91. The van der Waals surface area contributed by atoms with Gasteiger partial charge in [0.25, 0.3) is 0 Å². The molecule has 1 fully saturated rings. The lowest BCUT2D eigenvalue weighted by Crippen LogP contribution is -2.41. The Labute approximate surface area is 282 Å². The van der Waals surface area contributed by atoms with Crippen LogP contribution in [0.2, 0.25) is 30.7 Å². The number of carbonyl (C=O) groups is 3. The number of nitrogens with one attached hydrogen (secondary N) is 2. The van der Waals surface area contributed by atoms with Crippen molar-refractivity contribution in [3.05, 3.63) is 77.2 Å². The van der Waals surface area contributed by atoms with Crippen LogP contribution in [0.1, 0.15) is 55.5 Å². The Balaban J connectivity index is 1.52. The quantitative estimate of drug-likeness (QED) is 0.143. The Morgan fingerprint density at radius 1 is 1.15 bits per heavy atom. The first-order valence-electron chi connectivity index (χ1n) is 16.1. The number of hydrogen-bond acceptors (Lipinski definition) is 6. The molecule has 47 heavy (non-hydrogen) atoms. The molecule has 10 nitrogen and oxygen atoms in total. The molecule has 0 spiro atoms. The van der Waals surface area contributed by atoms with Gasteiger partial charge in [0.05, 0.1) is 24.5 Å². The van der Waals surface area contributed by atoms with E-state index in [1.807, 2.05) is 58.1 Å². The van der Waals surface area contributed by atoms with E-state index in [9.17, 15) is 14.4 Å². The van der Waals surface area contributed by atoms with Crippen LogP contribution in [0.4, 0.5) is 16.2 Å². The predicted molar refractivity (Wildman–Crippen MR) is 187 cm³/mol. The Morgan fingerprint density at radius 2 is 1.98 bits per heavy atom. The first-order chi connectivity index (χ1) is 22.5. The standard InChI is InChI=1S/C35H44ClN5O5Si/c1-45-35(44)37-27-13-14-28-29(21-27)38-32(42)12-7-5-6-11-31(34-39-30(28)22-40(34)23-46-17-18-47(2,3)4)41-16-15-25(20-33(41)43)24-9-8-10-26(36)19-24/h5-6,8-10,13-14,19,21-22,25,31H,7,11-12,15-18,20,23H2,1-4H3,(H,37,44)(H,38,42)/b6-5+/t25?,31-/m0/s1. The topological polar surface area (TPSA) is 115 Å². The molecule has 2 bridgehead atoms. The molecule has 1 unspecified atom stereocenters. The van der Waals surface area contributed by atoms with Crippen LogP contribution in [-0.2, 0) is 25.8 Å². The molecule has 250 valence electrons. The number of methoxy groups -OCH3 is 1. The van der Waals surface area contributed by atoms with E-state index in [4.69, 9.17) is 26.1 Å². The molecule has 1 saturated heterocycles. The molecule has 3 heterocycles. The summed E-state index contributed by atoms with van der Waals surface area (Å²) in [7, 11) is -0.0122. The zero-order valence-corrected chi connectivity index (χ0v) is 29.3. The smallest absolute Gasteiger partial charge is 0.411 e. The van der Waals surface area contributed by atoms with Crippen molar-refractivity contribution in [1.82, 2.24) is 14.5 Å². The highest BCUT2D eigenvalue weighted by atomic mass is 35.5. The molecule has 3 aromatic rings. The van der Waals surface area contributed by atoms with E-state index >= 15 is 0 Å². The van der Waals surface area contributed by atoms with Gasteiger partial charge in [0.1, 0.15) is 12.6 Å². The molecule has 3 amide bonds. The van der Waals surface area contributed by atoms with Gasteiger partial charge in [-0.3, -0.25) is 14.9 Å². The molecule has 5 rings (SSSR count). The van der Waals surface area contributed by atoms with Crippen LogP contribution in [0.15, 0.2) is 60.8 Å². The lowest BCUT2D eigenvalue weighted by molar-refractivity contribution is -0.137. The van der Waals surface area contributed by atoms with Crippen molar-refractivity contribution in [2.24, 2.45) is 0 Å². The highest BCUT2D eigenvalue weighted by Crippen LogP contribution is 2.38. The van der Waals surface area contributed by atoms with E-state index in [2.05, 4.69) is 30.3 Å². The maximum Gasteiger partial charge on any atom is 0.411 e. The number of hydrogen-bond donors (Lipinski definition) is 2. The monoisotopic (exact) mass is 677 g/mol. The third-order valence-corrected chi connectivity index (χ3v) is 10.5. The summed E-state index contributed by atoms with van der Waals surface area (Å²) >= 11 is 6.28. The summed E-state index contributed by atoms with van der Waals surface area (Å²) in [4.78, 5) is 45.9. The maximum atomic E-state index is 13.9. The third-order valence-electron chi connectivity index (χ3n) is 8.55. The number of ether oxygens (including phenoxy) is 2. The van der Waals surface area contributed by atoms with Crippen LogP contribution in [0.25, 0.3) is 11.3 Å². The molecule has 2 aliphatic heterocycles. The number of likely N-dealkylation sites (tertiary alicyclic amines) is 1. The maximum absolute atomic E-state index is 13.9. The minimum absolute atomic E-state index is 0.0652. The van der Waals surface area contributed by atoms with E-state index in [1.54, 1.807) is 12.1 Å². The lowest BCUT2D eigenvalue weighted by Gasteiger charge is -2.37. The van der Waals surface area contributed by atoms with Crippen molar-refractivity contribution < 1.29 is 23.9 Å². The Bertz CT molecular complexity index is 1630. The zero-order chi connectivity index (χ0) is 33.6. The van der Waals surface area contributed by atoms with E-state index in [-0.39, 0.29) is 36.9 Å². The number of aromatic nitrogens is 2. The van der Waals surface area contributed by atoms with Crippen LogP contribution < -0.4 is 10.6 Å². The van der Waals surface area contributed by atoms with E-state index < -0.39 is 14.2 Å². The number of benzene rings is 2. The van der Waals surface area contributed by atoms with Gasteiger partial charge in [-0.1, -0.05) is 55.5 Å². The van der Waals surface area contributed by atoms with Gasteiger partial charge < -0.3 is 24.3 Å². The average Bonchev–Trinajstić information content (AvgIpc) is 3.44. The highest BCUT2D eigenvalue weighted by Gasteiger charge is 2.34. The van der Waals surface area contributed by atoms with Gasteiger partial charge in [-0.05, 0) is 67.1 Å². The van der Waals surface area contributed by atoms with Gasteiger partial charge in [-0.25, -0.2) is 9.78 Å². The number of halogens is 1. The highest BCUT2D eigenvalue weighted by molar-refractivity contribution is 6.76. The molecule has 2 N–H and O–H groups in total. The lowest BCUT2D eigenvalue weighted by atomic mass is 9.88. The van der Waals surface area contributed by atoms with Crippen molar-refractivity contribution in [3.63, 3.8) is 0 Å². The first-order valence-corrected chi connectivity index (χ1v) is 20.2. The number of rotatable bonds is 8. The summed E-state index contributed by atoms with van der Waals surface area (Å²) in [5.74, 6) is 0.727. The van der Waals surface area contributed by atoms with Crippen LogP contribution >= 0.6 is 11.6 Å². The van der Waals surface area contributed by atoms with Gasteiger partial charge >= 0.3 is 6.09 Å². The van der Waals surface area contributed by atoms with E-state index in [1.165, 1.54) is 7.11 Å². The second-order valence-corrected chi connectivity index (χ2v) is 19.4. The number of anilines is 2. The molecule has 0 radical (unpaired) electrons. The Morgan fingerprint density at radius 3 is 2.72 bits per heavy atom. The molecule has 0 saturated carbocycles. The largest absolute Gasteiger partial charge is 0.453 e. The van der Waals surface area contributed by atoms with Crippen LogP contribution in [0, 0.1) is 0 Å². The van der Waals surface area contributed by atoms with Crippen molar-refractivity contribution in [1.29, 1.82) is 0 Å². The second kappa shape index (κ2) is 15.3. The van der Waals surface area contributed by atoms with Crippen LogP contribution in [0.3, 0.4) is 0 Å². The van der Waals surface area contributed by atoms with Gasteiger partial charge in [0.15, 0.2) is 0 Å². The number of carbonyl (C=O) groups excluding carboxylic acids is 3. The predicted octanol–water partition coefficient (Wildman–Crippen LogP) is 7.82. The number of nitrogens with zero attached hydrogens (tertiary/aromatic N) is 3. The number of imidazole rings is 1. The molecule has 0 aliphatic carbocycles. The minimum atomic E-state index is -1.31. The Hall–Kier alpha value is -3.93. The van der Waals surface area contributed by atoms with Crippen molar-refractivity contribution in [3.8, 4) is 11.3 Å². The number of fused-ring (bicyclic) bond motifs is 4. The van der Waals surface area contributed by atoms with Crippen molar-refractivity contribution in [2.75, 3.05) is 30.9 Å². The molecular formula is C35H44ClN5O5Si. The summed E-state index contributed by atoms with van der Waals surface area (Å²) in [5, 5.41) is 6.35. The van der Waals surface area contributed by atoms with E-state index in [0.717, 1.165) is 23.9 Å². The second-order valence-electron chi connectivity index (χ2n) is 13.3. The third kappa shape index (κ3) is 9.12. The van der Waals surface area contributed by atoms with Gasteiger partial charge in [-0.2, -0.15) is 0 Å². The fourth-order valence-electron chi connectivity index (χ4n) is 5.95. The number of allylic oxidation sites excluding steroid dienone is 1. The van der Waals surface area contributed by atoms with Crippen LogP contribution in [-0.4, -0.2) is 60.7 Å². The van der Waals surface area contributed by atoms with Gasteiger partial charge in [-0.15, -0.1) is 0 Å². The van der Waals surface area contributed by atoms with Gasteiger partial charge in [0.2, 0.25) is 11.8 Å². The molecule has 12 heteroatoms. The molecule has 2 atom stereocenters. The minimum Gasteiger partial charge on any atom is -0.453 e. The first kappa shape index (κ1) is 34.4. The molecule has 2 aliphatic rings. The summed E-state index contributed by atoms with van der Waals surface area (Å²) < 4.78 is 13.0. The normalized spacial score (nSPS) is 19.5. The van der Waals surface area contributed by atoms with Crippen LogP contribution in [0.5, 0.6) is 0 Å². The molecular weight excluding hydrogens is 634 g/mol. The fourth-order valence-corrected chi connectivity index (χ4v) is 6.91. The summed E-state index contributed by atoms with van der Waals surface area (Å²) in [6, 6.07) is 13.7. The molecule has 2 aromatic carbocycles. The van der Waals surface area contributed by atoms with Gasteiger partial charge in [0, 0.05) is 56.5 Å². The average molecular weight is 678 g/mol. The van der Waals surface area contributed by atoms with Crippen molar-refractivity contribution in [2.45, 2.75) is 76.5 Å². The summed E-state index contributed by atoms with van der Waals surface area (Å²) in [5.41, 5.74) is 3.38. The number of piperidine rings is 1. The van der Waals surface area contributed by atoms with Crippen molar-refractivity contribution >= 4 is 49.0 Å². The SMILES string of the molecule is COC(=O)Nc1ccc2c(c1)NC(=O)CC/C=C/C[C@H](N1CCC(c3cccc(Cl)c3)CC1=O)c1nc-2cn1COCC[Si](C)(C)C. The summed E-state index contributed by atoms with van der Waals surface area (Å²) in [6.45, 7) is 8.44. The zero-order valence-electron chi connectivity index (χ0n) is 27.6.